The molecule has 3 aromatic heterocycles. The van der Waals surface area contributed by atoms with Crippen molar-refractivity contribution in [3.05, 3.63) is 70.9 Å². The Morgan fingerprint density at radius 3 is 2.72 bits per heavy atom. The molecule has 0 saturated heterocycles. The SMILES string of the molecule is Nc1nc(NCCc2ccc(NSc3cc(Cl)c4c(c3)C(Cl)(Cl)C(=O)N4)cc2)nc2nc(-c3ccco3)nn12. The first kappa shape index (κ1) is 25.6. The predicted octanol–water partition coefficient (Wildman–Crippen LogP) is 5.37. The summed E-state index contributed by atoms with van der Waals surface area (Å²) in [6, 6.07) is 14.9. The van der Waals surface area contributed by atoms with Gasteiger partial charge in [0.1, 0.15) is 0 Å². The van der Waals surface area contributed by atoms with Crippen molar-refractivity contribution in [1.29, 1.82) is 0 Å². The van der Waals surface area contributed by atoms with Crippen LogP contribution in [0.5, 0.6) is 0 Å². The van der Waals surface area contributed by atoms with Gasteiger partial charge in [0.2, 0.25) is 22.1 Å². The molecule has 0 atom stereocenters. The fraction of sp³-hybridized carbons (Fsp3) is 0.125. The number of hydrogen-bond donors (Lipinski definition) is 4. The van der Waals surface area contributed by atoms with Crippen LogP contribution in [0.4, 0.5) is 23.3 Å². The molecule has 1 aliphatic rings. The minimum Gasteiger partial charge on any atom is -0.461 e. The summed E-state index contributed by atoms with van der Waals surface area (Å²) in [6.45, 7) is 0.579. The minimum absolute atomic E-state index is 0.163. The summed E-state index contributed by atoms with van der Waals surface area (Å²) >= 11 is 20.0. The number of rotatable bonds is 8. The van der Waals surface area contributed by atoms with Gasteiger partial charge in [-0.15, -0.1) is 5.10 Å². The van der Waals surface area contributed by atoms with E-state index in [0.29, 0.717) is 46.1 Å². The van der Waals surface area contributed by atoms with Gasteiger partial charge in [-0.1, -0.05) is 46.9 Å². The van der Waals surface area contributed by atoms with Gasteiger partial charge >= 0.3 is 0 Å². The third kappa shape index (κ3) is 5.03. The Morgan fingerprint density at radius 2 is 1.95 bits per heavy atom. The molecular weight excluding hydrogens is 585 g/mol. The number of nitrogens with two attached hydrogens (primary N) is 1. The molecule has 6 rings (SSSR count). The fourth-order valence-electron chi connectivity index (χ4n) is 3.90. The van der Waals surface area contributed by atoms with Crippen LogP contribution in [-0.2, 0) is 15.5 Å². The lowest BCUT2D eigenvalue weighted by molar-refractivity contribution is -0.116. The maximum absolute atomic E-state index is 12.0. The van der Waals surface area contributed by atoms with Crippen LogP contribution in [0, 0.1) is 0 Å². The van der Waals surface area contributed by atoms with E-state index >= 15 is 0 Å². The largest absolute Gasteiger partial charge is 0.461 e. The number of amides is 1. The average Bonchev–Trinajstić information content (AvgIpc) is 3.64. The average molecular weight is 603 g/mol. The summed E-state index contributed by atoms with van der Waals surface area (Å²) < 4.78 is 8.28. The molecule has 198 valence electrons. The third-order valence-electron chi connectivity index (χ3n) is 5.84. The van der Waals surface area contributed by atoms with Crippen LogP contribution in [0.25, 0.3) is 17.4 Å². The van der Waals surface area contributed by atoms with E-state index in [-0.39, 0.29) is 5.95 Å². The van der Waals surface area contributed by atoms with Crippen LogP contribution in [0.15, 0.2) is 64.1 Å². The second-order valence-electron chi connectivity index (χ2n) is 8.46. The number of nitrogens with zero attached hydrogens (tertiary/aromatic N) is 5. The van der Waals surface area contributed by atoms with Crippen LogP contribution in [0.1, 0.15) is 11.1 Å². The maximum Gasteiger partial charge on any atom is 0.265 e. The maximum atomic E-state index is 12.0. The van der Waals surface area contributed by atoms with Crippen molar-refractivity contribution in [2.75, 3.05) is 27.6 Å². The molecule has 0 fully saturated rings. The molecule has 0 bridgehead atoms. The summed E-state index contributed by atoms with van der Waals surface area (Å²) in [6.07, 6.45) is 2.27. The van der Waals surface area contributed by atoms with E-state index in [9.17, 15) is 4.79 Å². The number of furan rings is 1. The molecule has 1 aliphatic heterocycles. The van der Waals surface area contributed by atoms with E-state index in [1.54, 1.807) is 30.5 Å². The number of fused-ring (bicyclic) bond motifs is 2. The van der Waals surface area contributed by atoms with Crippen LogP contribution in [-0.4, -0.2) is 37.0 Å². The number of hydrogen-bond acceptors (Lipinski definition) is 10. The summed E-state index contributed by atoms with van der Waals surface area (Å²) in [5, 5.41) is 10.4. The zero-order valence-electron chi connectivity index (χ0n) is 19.8. The second kappa shape index (κ2) is 10.1. The van der Waals surface area contributed by atoms with Crippen molar-refractivity contribution in [3.8, 4) is 11.6 Å². The molecule has 0 saturated carbocycles. The number of carbonyl (C=O) groups excluding carboxylic acids is 1. The van der Waals surface area contributed by atoms with Crippen molar-refractivity contribution < 1.29 is 9.21 Å². The van der Waals surface area contributed by atoms with Gasteiger partial charge in [0.15, 0.2) is 5.76 Å². The monoisotopic (exact) mass is 601 g/mol. The molecule has 4 heterocycles. The van der Waals surface area contributed by atoms with Crippen LogP contribution >= 0.6 is 46.8 Å². The molecule has 2 aromatic carbocycles. The number of halogens is 3. The summed E-state index contributed by atoms with van der Waals surface area (Å²) in [7, 11) is 0. The highest BCUT2D eigenvalue weighted by Crippen LogP contribution is 2.48. The van der Waals surface area contributed by atoms with E-state index in [1.807, 2.05) is 24.3 Å². The number of carbonyl (C=O) groups is 1. The van der Waals surface area contributed by atoms with Gasteiger partial charge in [0, 0.05) is 22.7 Å². The molecule has 5 N–H and O–H groups in total. The number of nitrogen functional groups attached to an aromatic ring is 1. The van der Waals surface area contributed by atoms with E-state index in [4.69, 9.17) is 45.0 Å². The number of benzene rings is 2. The van der Waals surface area contributed by atoms with Gasteiger partial charge in [-0.3, -0.25) is 4.79 Å². The number of alkyl halides is 2. The second-order valence-corrected chi connectivity index (χ2v) is 11.1. The van der Waals surface area contributed by atoms with E-state index in [2.05, 4.69) is 35.4 Å². The van der Waals surface area contributed by atoms with Gasteiger partial charge in [0.05, 0.1) is 17.0 Å². The zero-order chi connectivity index (χ0) is 27.1. The molecule has 1 amide bonds. The molecule has 5 aromatic rings. The highest BCUT2D eigenvalue weighted by atomic mass is 35.5. The summed E-state index contributed by atoms with van der Waals surface area (Å²) in [4.78, 5) is 25.8. The lowest BCUT2D eigenvalue weighted by Crippen LogP contribution is -2.21. The Morgan fingerprint density at radius 1 is 1.13 bits per heavy atom. The summed E-state index contributed by atoms with van der Waals surface area (Å²) in [5.74, 6) is 1.22. The Balaban J connectivity index is 1.05. The fourth-order valence-corrected chi connectivity index (χ4v) is 5.35. The first-order valence-corrected chi connectivity index (χ1v) is 13.5. The van der Waals surface area contributed by atoms with Gasteiger partial charge in [-0.05, 0) is 60.3 Å². The number of aromatic nitrogens is 5. The topological polar surface area (TPSA) is 148 Å². The van der Waals surface area contributed by atoms with E-state index in [1.165, 1.54) is 16.5 Å². The normalized spacial score (nSPS) is 13.9. The molecular formula is C24H18Cl3N9O2S. The lowest BCUT2D eigenvalue weighted by Gasteiger charge is -2.12. The van der Waals surface area contributed by atoms with E-state index < -0.39 is 10.2 Å². The standard InChI is InChI=1S/C24H18Cl3N9O2S/c25-16-11-14(10-15-18(16)30-20(37)24(15,26)27)39-35-13-5-3-12(4-6-13)7-8-29-22-32-21(28)36-23(33-22)31-19(34-36)17-2-1-9-38-17/h1-6,9-11,35H,7-8H2,(H,30,37)(H3,28,29,31,32,33,34). The Hall–Kier alpha value is -3.71. The van der Waals surface area contributed by atoms with Gasteiger partial charge in [0.25, 0.3) is 11.7 Å². The van der Waals surface area contributed by atoms with Gasteiger partial charge in [-0.25, -0.2) is 0 Å². The van der Waals surface area contributed by atoms with E-state index in [0.717, 1.165) is 22.6 Å². The molecule has 0 radical (unpaired) electrons. The molecule has 11 nitrogen and oxygen atoms in total. The van der Waals surface area contributed by atoms with Gasteiger partial charge in [-0.2, -0.15) is 19.5 Å². The van der Waals surface area contributed by atoms with Crippen molar-refractivity contribution >= 4 is 81.7 Å². The smallest absolute Gasteiger partial charge is 0.265 e. The Bertz CT molecular complexity index is 1690. The zero-order valence-corrected chi connectivity index (χ0v) is 22.9. The molecule has 0 spiro atoms. The quantitative estimate of drug-likeness (QED) is 0.135. The summed E-state index contributed by atoms with van der Waals surface area (Å²) in [5.41, 5.74) is 8.89. The third-order valence-corrected chi connectivity index (χ3v) is 7.70. The molecule has 39 heavy (non-hydrogen) atoms. The van der Waals surface area contributed by atoms with Crippen LogP contribution in [0.2, 0.25) is 5.02 Å². The van der Waals surface area contributed by atoms with Crippen LogP contribution in [0.3, 0.4) is 0 Å². The highest BCUT2D eigenvalue weighted by Gasteiger charge is 2.45. The van der Waals surface area contributed by atoms with Crippen molar-refractivity contribution in [1.82, 2.24) is 24.6 Å². The number of anilines is 4. The highest BCUT2D eigenvalue weighted by molar-refractivity contribution is 8.00. The van der Waals surface area contributed by atoms with Gasteiger partial charge < -0.3 is 25.5 Å². The first-order valence-electron chi connectivity index (χ1n) is 11.5. The number of nitrogens with one attached hydrogen (secondary N) is 3. The molecule has 0 unspecified atom stereocenters. The molecule has 15 heteroatoms. The van der Waals surface area contributed by atoms with Crippen molar-refractivity contribution in [2.45, 2.75) is 15.6 Å². The Labute approximate surface area is 240 Å². The van der Waals surface area contributed by atoms with Crippen molar-refractivity contribution in [2.24, 2.45) is 0 Å². The van der Waals surface area contributed by atoms with Crippen LogP contribution < -0.4 is 21.1 Å². The minimum atomic E-state index is -1.67. The molecule has 0 aliphatic carbocycles. The first-order chi connectivity index (χ1) is 18.8. The Kier molecular flexibility index (Phi) is 6.63. The predicted molar refractivity (Wildman–Crippen MR) is 152 cm³/mol. The van der Waals surface area contributed by atoms with Crippen molar-refractivity contribution in [3.63, 3.8) is 0 Å². The lowest BCUT2D eigenvalue weighted by atomic mass is 10.1.